The van der Waals surface area contributed by atoms with Gasteiger partial charge in [-0.05, 0) is 109 Å². The number of aliphatic hydroxyl groups excluding tert-OH is 1. The molecule has 4 N–H and O–H groups in total. The van der Waals surface area contributed by atoms with Crippen molar-refractivity contribution in [3.05, 3.63) is 83.7 Å². The number of hydrogen-bond donors (Lipinski definition) is 4. The molecule has 8 aliphatic rings. The van der Waals surface area contributed by atoms with Crippen LogP contribution in [-0.2, 0) is 71.1 Å². The Balaban J connectivity index is 0.776. The summed E-state index contributed by atoms with van der Waals surface area (Å²) in [5.74, 6) is -2.01. The fourth-order valence-electron chi connectivity index (χ4n) is 15.9. The van der Waals surface area contributed by atoms with Gasteiger partial charge in [0.15, 0.2) is 25.2 Å². The smallest absolute Gasteiger partial charge is 0.340 e. The molecule has 3 saturated carbocycles. The normalized spacial score (nSPS) is 45.0. The van der Waals surface area contributed by atoms with E-state index in [0.717, 1.165) is 11.1 Å². The van der Waals surface area contributed by atoms with Crippen LogP contribution in [0.5, 0.6) is 0 Å². The molecule has 4 saturated heterocycles. The molecule has 4 aliphatic carbocycles. The van der Waals surface area contributed by atoms with Crippen LogP contribution in [-0.4, -0.2) is 199 Å². The van der Waals surface area contributed by atoms with Crippen molar-refractivity contribution >= 4 is 18.0 Å². The Kier molecular flexibility index (Phi) is 19.6. The summed E-state index contributed by atoms with van der Waals surface area (Å²) in [6, 6.07) is 12.5. The zero-order valence-electron chi connectivity index (χ0n) is 51.0. The first-order valence-corrected chi connectivity index (χ1v) is 30.5. The molecule has 0 bridgehead atoms. The molecule has 10 rings (SSSR count). The highest BCUT2D eigenvalue weighted by Gasteiger charge is 2.81. The molecule has 0 unspecified atom stereocenters. The molecule has 5 heterocycles. The summed E-state index contributed by atoms with van der Waals surface area (Å²) in [6.07, 6.45) is 0.219. The summed E-state index contributed by atoms with van der Waals surface area (Å²) in [5.41, 5.74) is -6.12. The lowest BCUT2D eigenvalue weighted by molar-refractivity contribution is -0.347. The van der Waals surface area contributed by atoms with Crippen LogP contribution in [0.1, 0.15) is 135 Å². The van der Waals surface area contributed by atoms with Crippen LogP contribution in [0.3, 0.4) is 0 Å². The number of carbonyl (C=O) groups excluding carboxylic acids is 2. The predicted molar refractivity (Wildman–Crippen MR) is 304 cm³/mol. The maximum Gasteiger partial charge on any atom is 0.340 e. The van der Waals surface area contributed by atoms with Gasteiger partial charge in [0.25, 0.3) is 0 Å². The number of rotatable bonds is 18. The number of pyridine rings is 1. The fraction of sp³-hybridized carbons (Fsp3) is 0.734. The minimum atomic E-state index is -2.01. The van der Waals surface area contributed by atoms with Crippen molar-refractivity contribution in [1.29, 1.82) is 0 Å². The van der Waals surface area contributed by atoms with Crippen LogP contribution in [0.2, 0.25) is 0 Å². The molecule has 2 aromatic rings. The highest BCUT2D eigenvalue weighted by Crippen LogP contribution is 2.71. The van der Waals surface area contributed by atoms with E-state index in [2.05, 4.69) is 11.9 Å². The summed E-state index contributed by atoms with van der Waals surface area (Å²) >= 11 is 0. The van der Waals surface area contributed by atoms with Crippen LogP contribution in [0.15, 0.2) is 72.6 Å². The lowest BCUT2D eigenvalue weighted by Crippen LogP contribution is -2.78. The summed E-state index contributed by atoms with van der Waals surface area (Å²) in [4.78, 5) is 31.5. The molecule has 21 heteroatoms. The Labute approximate surface area is 499 Å². The first-order chi connectivity index (χ1) is 40.5. The van der Waals surface area contributed by atoms with Gasteiger partial charge in [-0.1, -0.05) is 55.8 Å². The standard InChI is InChI=1S/C64H91NO20/c1-35-55(67)44(72-8)29-52(76-35)83-57-37(3)78-54(31-46(57)74-10)85-58-38(4)79-53(32-47(58)75-11)84-56-36(2)77-51(30-45(56)73-9)81-43-22-23-60(6)42(28-43)21-24-63(70)48(60)33-49(82-50(66)20-19-40-16-13-12-14-17-40)61(7)62(69,25-26-64(61,63)71)39(5)80-59(68)41-18-15-27-65-34-41/h12-21,27,34-39,43-49,51-58,67,69-71H,22-26,28-33H2,1-11H3/b20-19+/t35-,36+,37+,38-,39-,43-,44+,45-,46-,47-,48+,49+,51-,52-,53-,54-,55-,56+,57+,58+,60-,61+,62+,63-,64+/m0/s1. The SMILES string of the molecule is CO[C@H]1C[C@H](O[C@H]2[C@@H](OC)C[C@H](O[C@H]3CC[C@@]4(C)C(=CC[C@]5(O)[C@@H]4C[C@@H](OC(=O)/C=C/c4ccccc4)[C@@]4(C)[C@]5(O)CC[C@@]4(O)[C@H](C)OC(=O)c4cccnc4)C3)O[C@@H]2C)O[C@@H](C)[C@H]1O[C@H]1C[C@H](OC)[C@H](O[C@H]2C[C@@H](OC)[C@@H](O)[C@H](C)O2)[C@@H](C)O1. The van der Waals surface area contributed by atoms with Crippen molar-refractivity contribution in [3.8, 4) is 0 Å². The molecule has 85 heavy (non-hydrogen) atoms. The number of esters is 2. The van der Waals surface area contributed by atoms with Crippen LogP contribution in [0, 0.1) is 16.7 Å². The van der Waals surface area contributed by atoms with E-state index >= 15 is 0 Å². The molecule has 0 radical (unpaired) electrons. The number of hydrogen-bond acceptors (Lipinski definition) is 21. The number of aromatic nitrogens is 1. The zero-order valence-corrected chi connectivity index (χ0v) is 51.0. The molecule has 472 valence electrons. The average molecular weight is 1190 g/mol. The van der Waals surface area contributed by atoms with Crippen molar-refractivity contribution in [2.24, 2.45) is 16.7 Å². The van der Waals surface area contributed by atoms with Gasteiger partial charge in [0.05, 0.1) is 65.9 Å². The molecule has 0 amide bonds. The quantitative estimate of drug-likeness (QED) is 0.0727. The molecular weight excluding hydrogens is 1100 g/mol. The van der Waals surface area contributed by atoms with Gasteiger partial charge >= 0.3 is 11.9 Å². The Bertz CT molecular complexity index is 2650. The van der Waals surface area contributed by atoms with E-state index in [1.54, 1.807) is 67.4 Å². The summed E-state index contributed by atoms with van der Waals surface area (Å²) in [6.45, 7) is 12.9. The Morgan fingerprint density at radius 1 is 0.682 bits per heavy atom. The molecule has 4 aliphatic heterocycles. The van der Waals surface area contributed by atoms with Gasteiger partial charge in [-0.25, -0.2) is 9.59 Å². The number of fused-ring (bicyclic) bond motifs is 5. The minimum absolute atomic E-state index is 0.0516. The molecule has 21 nitrogen and oxygen atoms in total. The van der Waals surface area contributed by atoms with Crippen LogP contribution < -0.4 is 0 Å². The third kappa shape index (κ3) is 12.1. The molecule has 0 spiro atoms. The maximum atomic E-state index is 14.0. The van der Waals surface area contributed by atoms with Gasteiger partial charge in [-0.3, -0.25) is 4.98 Å². The van der Waals surface area contributed by atoms with Crippen molar-refractivity contribution in [3.63, 3.8) is 0 Å². The molecule has 1 aromatic heterocycles. The summed E-state index contributed by atoms with van der Waals surface area (Å²) in [5, 5.41) is 50.3. The van der Waals surface area contributed by atoms with Crippen LogP contribution in [0.25, 0.3) is 6.08 Å². The number of benzene rings is 1. The van der Waals surface area contributed by atoms with E-state index in [1.165, 1.54) is 18.5 Å². The average Bonchev–Trinajstić information content (AvgIpc) is 1.62. The number of carbonyl (C=O) groups is 2. The van der Waals surface area contributed by atoms with E-state index in [4.69, 9.17) is 66.3 Å². The van der Waals surface area contributed by atoms with Crippen LogP contribution in [0.4, 0.5) is 0 Å². The summed E-state index contributed by atoms with van der Waals surface area (Å²) < 4.78 is 88.0. The van der Waals surface area contributed by atoms with Gasteiger partial charge in [-0.2, -0.15) is 0 Å². The van der Waals surface area contributed by atoms with Crippen molar-refractivity contribution < 1.29 is 96.3 Å². The highest BCUT2D eigenvalue weighted by atomic mass is 16.8. The second kappa shape index (κ2) is 25.9. The zero-order chi connectivity index (χ0) is 60.8. The monoisotopic (exact) mass is 1190 g/mol. The van der Waals surface area contributed by atoms with E-state index in [1.807, 2.05) is 57.2 Å². The highest BCUT2D eigenvalue weighted by molar-refractivity contribution is 5.89. The first kappa shape index (κ1) is 64.1. The molecular formula is C64H91NO20. The maximum absolute atomic E-state index is 14.0. The number of ether oxygens (including phenoxy) is 14. The van der Waals surface area contributed by atoms with Crippen LogP contribution >= 0.6 is 0 Å². The van der Waals surface area contributed by atoms with Crippen molar-refractivity contribution in [1.82, 2.24) is 4.98 Å². The van der Waals surface area contributed by atoms with Gasteiger partial charge < -0.3 is 86.7 Å². The second-order valence-corrected chi connectivity index (χ2v) is 25.4. The predicted octanol–water partition coefficient (Wildman–Crippen LogP) is 6.29. The van der Waals surface area contributed by atoms with E-state index in [-0.39, 0.29) is 43.5 Å². The first-order valence-electron chi connectivity index (χ1n) is 30.5. The van der Waals surface area contributed by atoms with Gasteiger partial charge in [-0.15, -0.1) is 0 Å². The van der Waals surface area contributed by atoms with Crippen molar-refractivity contribution in [2.75, 3.05) is 28.4 Å². The summed E-state index contributed by atoms with van der Waals surface area (Å²) in [7, 11) is 6.48. The van der Waals surface area contributed by atoms with Crippen molar-refractivity contribution in [2.45, 2.75) is 253 Å². The lowest BCUT2D eigenvalue weighted by Gasteiger charge is -2.67. The second-order valence-electron chi connectivity index (χ2n) is 25.4. The molecule has 1 aromatic carbocycles. The number of nitrogens with zero attached hydrogens (tertiary/aromatic N) is 1. The van der Waals surface area contributed by atoms with E-state index < -0.39 is 150 Å². The minimum Gasteiger partial charge on any atom is -0.458 e. The topological polar surface area (TPSA) is 257 Å². The number of aliphatic hydroxyl groups is 4. The third-order valence-corrected chi connectivity index (χ3v) is 20.9. The third-order valence-electron chi connectivity index (χ3n) is 20.9. The van der Waals surface area contributed by atoms with E-state index in [9.17, 15) is 30.0 Å². The molecule has 7 fully saturated rings. The van der Waals surface area contributed by atoms with E-state index in [0.29, 0.717) is 44.9 Å². The molecule has 25 atom stereocenters. The fourth-order valence-corrected chi connectivity index (χ4v) is 15.9. The van der Waals surface area contributed by atoms with Gasteiger partial charge in [0.1, 0.15) is 53.4 Å². The Morgan fingerprint density at radius 3 is 1.76 bits per heavy atom. The number of methoxy groups -OCH3 is 4. The largest absolute Gasteiger partial charge is 0.458 e. The Morgan fingerprint density at radius 2 is 1.22 bits per heavy atom. The van der Waals surface area contributed by atoms with Gasteiger partial charge in [0.2, 0.25) is 0 Å². The van der Waals surface area contributed by atoms with Gasteiger partial charge in [0, 0.05) is 78.5 Å². The Hall–Kier alpha value is -3.85. The lowest BCUT2D eigenvalue weighted by atomic mass is 9.42.